The number of hydrogen-bond acceptors (Lipinski definition) is 2. The van der Waals surface area contributed by atoms with Gasteiger partial charge in [0.1, 0.15) is 0 Å². The van der Waals surface area contributed by atoms with E-state index in [0.29, 0.717) is 13.0 Å². The lowest BCUT2D eigenvalue weighted by atomic mass is 10.0. The minimum atomic E-state index is 0.00766. The van der Waals surface area contributed by atoms with Crippen LogP contribution in [0.15, 0.2) is 36.5 Å². The molecule has 0 radical (unpaired) electrons. The molecule has 0 aromatic heterocycles. The Morgan fingerprint density at radius 2 is 0.653 bits per heavy atom. The fourth-order valence-corrected chi connectivity index (χ4v) is 6.71. The third-order valence-corrected chi connectivity index (χ3v) is 10.1. The van der Waals surface area contributed by atoms with E-state index in [9.17, 15) is 4.79 Å². The van der Waals surface area contributed by atoms with Gasteiger partial charge in [0.25, 0.3) is 0 Å². The van der Waals surface area contributed by atoms with E-state index in [-0.39, 0.29) is 5.97 Å². The van der Waals surface area contributed by atoms with Crippen molar-refractivity contribution in [1.82, 2.24) is 0 Å². The van der Waals surface area contributed by atoms with Gasteiger partial charge >= 0.3 is 5.97 Å². The molecule has 0 aliphatic carbocycles. The summed E-state index contributed by atoms with van der Waals surface area (Å²) >= 11 is 0. The van der Waals surface area contributed by atoms with Crippen LogP contribution in [-0.4, -0.2) is 12.6 Å². The van der Waals surface area contributed by atoms with Crippen LogP contribution < -0.4 is 0 Å². The first kappa shape index (κ1) is 47.7. The van der Waals surface area contributed by atoms with Crippen molar-refractivity contribution < 1.29 is 9.53 Å². The summed E-state index contributed by atoms with van der Waals surface area (Å²) in [5.74, 6) is 0.00766. The lowest BCUT2D eigenvalue weighted by molar-refractivity contribution is -0.143. The Bertz CT molecular complexity index is 705. The summed E-state index contributed by atoms with van der Waals surface area (Å²) in [6, 6.07) is 0. The highest BCUT2D eigenvalue weighted by atomic mass is 16.5. The van der Waals surface area contributed by atoms with Crippen LogP contribution in [0.1, 0.15) is 251 Å². The van der Waals surface area contributed by atoms with E-state index in [0.717, 1.165) is 25.7 Å². The van der Waals surface area contributed by atoms with Gasteiger partial charge in [-0.05, 0) is 32.1 Å². The minimum Gasteiger partial charge on any atom is -0.466 e. The lowest BCUT2D eigenvalue weighted by Gasteiger charge is -2.06. The average molecular weight is 685 g/mol. The number of ether oxygens (including phenoxy) is 1. The molecule has 0 aromatic rings. The van der Waals surface area contributed by atoms with Gasteiger partial charge in [-0.15, -0.1) is 0 Å². The molecular formula is C47H88O2. The Labute approximate surface area is 309 Å². The molecule has 0 amide bonds. The molecule has 0 heterocycles. The van der Waals surface area contributed by atoms with Gasteiger partial charge in [0.05, 0.1) is 6.61 Å². The van der Waals surface area contributed by atoms with Crippen molar-refractivity contribution in [1.29, 1.82) is 0 Å². The molecule has 0 fully saturated rings. The highest BCUT2D eigenvalue weighted by Crippen LogP contribution is 2.16. The second-order valence-electron chi connectivity index (χ2n) is 15.1. The summed E-state index contributed by atoms with van der Waals surface area (Å²) in [7, 11) is 0. The Balaban J connectivity index is 3.19. The van der Waals surface area contributed by atoms with E-state index in [1.54, 1.807) is 0 Å². The highest BCUT2D eigenvalue weighted by molar-refractivity contribution is 5.69. The van der Waals surface area contributed by atoms with Crippen molar-refractivity contribution >= 4 is 5.97 Å². The van der Waals surface area contributed by atoms with Crippen LogP contribution in [0, 0.1) is 0 Å². The normalized spacial score (nSPS) is 12.0. The summed E-state index contributed by atoms with van der Waals surface area (Å²) in [4.78, 5) is 12.0. The number of carbonyl (C=O) groups excluding carboxylic acids is 1. The van der Waals surface area contributed by atoms with Crippen molar-refractivity contribution in [3.8, 4) is 0 Å². The van der Waals surface area contributed by atoms with Crippen LogP contribution in [-0.2, 0) is 9.53 Å². The SMILES string of the molecule is CCCCC=CC=CC=CCCCCCCCC(=O)OCCCCCCCCCCCCCCCCCCCCCCCCCCCCC. The highest BCUT2D eigenvalue weighted by Gasteiger charge is 2.03. The maximum absolute atomic E-state index is 12.0. The molecule has 0 rings (SSSR count). The van der Waals surface area contributed by atoms with E-state index < -0.39 is 0 Å². The van der Waals surface area contributed by atoms with Crippen LogP contribution in [0.4, 0.5) is 0 Å². The second-order valence-corrected chi connectivity index (χ2v) is 15.1. The zero-order chi connectivity index (χ0) is 35.4. The number of hydrogen-bond donors (Lipinski definition) is 0. The van der Waals surface area contributed by atoms with Gasteiger partial charge in [-0.3, -0.25) is 4.79 Å². The summed E-state index contributed by atoms with van der Waals surface area (Å²) in [5.41, 5.74) is 0. The van der Waals surface area contributed by atoms with E-state index >= 15 is 0 Å². The van der Waals surface area contributed by atoms with Gasteiger partial charge in [-0.1, -0.05) is 249 Å². The smallest absolute Gasteiger partial charge is 0.305 e. The zero-order valence-corrected chi connectivity index (χ0v) is 33.7. The molecule has 0 saturated carbocycles. The number of esters is 1. The van der Waals surface area contributed by atoms with Gasteiger partial charge < -0.3 is 4.74 Å². The molecule has 0 unspecified atom stereocenters. The molecule has 0 aliphatic rings. The third kappa shape index (κ3) is 44.7. The summed E-state index contributed by atoms with van der Waals surface area (Å²) in [6.45, 7) is 5.15. The van der Waals surface area contributed by atoms with Crippen molar-refractivity contribution in [3.63, 3.8) is 0 Å². The fraction of sp³-hybridized carbons (Fsp3) is 0.851. The van der Waals surface area contributed by atoms with Gasteiger partial charge in [0.2, 0.25) is 0 Å². The second kappa shape index (κ2) is 44.7. The van der Waals surface area contributed by atoms with E-state index in [2.05, 4.69) is 50.3 Å². The first-order chi connectivity index (χ1) is 24.3. The monoisotopic (exact) mass is 685 g/mol. The largest absolute Gasteiger partial charge is 0.466 e. The van der Waals surface area contributed by atoms with Crippen molar-refractivity contribution in [2.75, 3.05) is 6.61 Å². The molecule has 2 heteroatoms. The molecule has 0 atom stereocenters. The number of unbranched alkanes of at least 4 members (excludes halogenated alkanes) is 33. The van der Waals surface area contributed by atoms with Crippen molar-refractivity contribution in [2.24, 2.45) is 0 Å². The van der Waals surface area contributed by atoms with Gasteiger partial charge in [-0.2, -0.15) is 0 Å². The Morgan fingerprint density at radius 1 is 0.347 bits per heavy atom. The van der Waals surface area contributed by atoms with Gasteiger partial charge in [-0.25, -0.2) is 0 Å². The molecule has 0 aromatic carbocycles. The topological polar surface area (TPSA) is 26.3 Å². The Kier molecular flexibility index (Phi) is 43.5. The molecule has 49 heavy (non-hydrogen) atoms. The number of allylic oxidation sites excluding steroid dienone is 6. The number of rotatable bonds is 41. The first-order valence-electron chi connectivity index (χ1n) is 22.4. The van der Waals surface area contributed by atoms with Gasteiger partial charge in [0, 0.05) is 6.42 Å². The lowest BCUT2D eigenvalue weighted by Crippen LogP contribution is -2.05. The minimum absolute atomic E-state index is 0.00766. The average Bonchev–Trinajstić information content (AvgIpc) is 3.11. The summed E-state index contributed by atoms with van der Waals surface area (Å²) in [5, 5.41) is 0. The van der Waals surface area contributed by atoms with Crippen molar-refractivity contribution in [2.45, 2.75) is 251 Å². The van der Waals surface area contributed by atoms with Crippen molar-refractivity contribution in [3.05, 3.63) is 36.5 Å². The van der Waals surface area contributed by atoms with E-state index in [1.807, 2.05) is 0 Å². The molecule has 2 nitrogen and oxygen atoms in total. The molecule has 0 saturated heterocycles. The van der Waals surface area contributed by atoms with Crippen LogP contribution in [0.25, 0.3) is 0 Å². The van der Waals surface area contributed by atoms with Crippen LogP contribution in [0.3, 0.4) is 0 Å². The predicted octanol–water partition coefficient (Wildman–Crippen LogP) is 16.7. The van der Waals surface area contributed by atoms with Gasteiger partial charge in [0.15, 0.2) is 0 Å². The molecule has 0 N–H and O–H groups in total. The van der Waals surface area contributed by atoms with Crippen LogP contribution >= 0.6 is 0 Å². The van der Waals surface area contributed by atoms with E-state index in [1.165, 1.54) is 205 Å². The quantitative estimate of drug-likeness (QED) is 0.0364. The maximum Gasteiger partial charge on any atom is 0.305 e. The zero-order valence-electron chi connectivity index (χ0n) is 33.7. The molecule has 0 aliphatic heterocycles. The molecule has 0 spiro atoms. The Hall–Kier alpha value is -1.31. The standard InChI is InChI=1S/C47H88O2/c1-3-5-7-9-11-13-15-17-19-20-21-22-23-24-25-26-27-28-29-30-32-34-36-38-40-42-44-46-49-47(48)45-43-41-39-37-35-33-31-18-16-14-12-10-8-6-4-2/h10,12,14,16,18,31H,3-9,11,13,15,17,19-30,32-46H2,1-2H3. The third-order valence-electron chi connectivity index (χ3n) is 10.1. The Morgan fingerprint density at radius 3 is 1.04 bits per heavy atom. The molecule has 288 valence electrons. The predicted molar refractivity (Wildman–Crippen MR) is 221 cm³/mol. The summed E-state index contributed by atoms with van der Waals surface area (Å²) in [6.07, 6.45) is 62.6. The summed E-state index contributed by atoms with van der Waals surface area (Å²) < 4.78 is 5.46. The molecular weight excluding hydrogens is 597 g/mol. The maximum atomic E-state index is 12.0. The van der Waals surface area contributed by atoms with Crippen LogP contribution in [0.5, 0.6) is 0 Å². The fourth-order valence-electron chi connectivity index (χ4n) is 6.71. The van der Waals surface area contributed by atoms with Crippen LogP contribution in [0.2, 0.25) is 0 Å². The molecule has 0 bridgehead atoms. The number of carbonyl (C=O) groups is 1. The van der Waals surface area contributed by atoms with E-state index in [4.69, 9.17) is 4.74 Å². The first-order valence-corrected chi connectivity index (χ1v) is 22.4.